The molecule has 3 nitrogen and oxygen atoms in total. The van der Waals surface area contributed by atoms with Crippen molar-refractivity contribution in [3.63, 3.8) is 0 Å². The zero-order valence-electron chi connectivity index (χ0n) is 9.95. The minimum Gasteiger partial charge on any atom is -0.351 e. The van der Waals surface area contributed by atoms with Crippen molar-refractivity contribution in [3.05, 3.63) is 34.3 Å². The van der Waals surface area contributed by atoms with Gasteiger partial charge < -0.3 is 10.2 Å². The van der Waals surface area contributed by atoms with E-state index in [0.717, 1.165) is 17.1 Å². The third-order valence-corrected chi connectivity index (χ3v) is 3.50. The topological polar surface area (TPSA) is 32.3 Å². The van der Waals surface area contributed by atoms with E-state index >= 15 is 0 Å². The number of amides is 1. The number of nitrogens with zero attached hydrogens (tertiary/aromatic N) is 1. The summed E-state index contributed by atoms with van der Waals surface area (Å²) in [5.41, 5.74) is 0.702. The third kappa shape index (κ3) is 3.82. The van der Waals surface area contributed by atoms with Gasteiger partial charge in [-0.25, -0.2) is 0 Å². The molecule has 1 amide bonds. The fraction of sp³-hybridized carbons (Fsp3) is 0.462. The lowest BCUT2D eigenvalue weighted by Crippen LogP contribution is -2.33. The second kappa shape index (κ2) is 5.65. The first-order chi connectivity index (χ1) is 8.16. The summed E-state index contributed by atoms with van der Waals surface area (Å²) in [7, 11) is 2.11. The Labute approximate surface area is 110 Å². The number of nitrogens with one attached hydrogen (secondary N) is 1. The van der Waals surface area contributed by atoms with E-state index in [9.17, 15) is 4.79 Å². The Morgan fingerprint density at radius 2 is 2.29 bits per heavy atom. The van der Waals surface area contributed by atoms with Gasteiger partial charge in [-0.1, -0.05) is 22.0 Å². The summed E-state index contributed by atoms with van der Waals surface area (Å²) in [6.45, 7) is 1.63. The Kier molecular flexibility index (Phi) is 4.18. The van der Waals surface area contributed by atoms with E-state index < -0.39 is 0 Å². The first-order valence-electron chi connectivity index (χ1n) is 5.91. The van der Waals surface area contributed by atoms with Crippen LogP contribution < -0.4 is 5.32 Å². The second-order valence-electron chi connectivity index (χ2n) is 4.48. The second-order valence-corrected chi connectivity index (χ2v) is 5.39. The van der Waals surface area contributed by atoms with Gasteiger partial charge in [0, 0.05) is 29.2 Å². The van der Waals surface area contributed by atoms with Crippen LogP contribution in [0.1, 0.15) is 23.2 Å². The summed E-state index contributed by atoms with van der Waals surface area (Å²) in [4.78, 5) is 14.1. The van der Waals surface area contributed by atoms with Gasteiger partial charge in [0.2, 0.25) is 0 Å². The Hall–Kier alpha value is -0.870. The van der Waals surface area contributed by atoms with Gasteiger partial charge >= 0.3 is 0 Å². The largest absolute Gasteiger partial charge is 0.351 e. The molecular formula is C13H17BrN2O. The summed E-state index contributed by atoms with van der Waals surface area (Å²) in [6.07, 6.45) is 2.60. The molecule has 0 aromatic heterocycles. The highest BCUT2D eigenvalue weighted by Gasteiger charge is 2.25. The van der Waals surface area contributed by atoms with E-state index in [-0.39, 0.29) is 5.91 Å². The molecule has 1 aliphatic rings. The quantitative estimate of drug-likeness (QED) is 0.904. The van der Waals surface area contributed by atoms with Crippen LogP contribution in [-0.2, 0) is 0 Å². The molecule has 4 heteroatoms. The van der Waals surface area contributed by atoms with Gasteiger partial charge in [-0.3, -0.25) is 4.79 Å². The van der Waals surface area contributed by atoms with Gasteiger partial charge in [0.05, 0.1) is 0 Å². The molecule has 0 unspecified atom stereocenters. The maximum Gasteiger partial charge on any atom is 0.251 e. The minimum atomic E-state index is -0.00417. The number of rotatable bonds is 5. The van der Waals surface area contributed by atoms with E-state index in [4.69, 9.17) is 0 Å². The van der Waals surface area contributed by atoms with Crippen molar-refractivity contribution >= 4 is 21.8 Å². The van der Waals surface area contributed by atoms with E-state index in [0.29, 0.717) is 12.1 Å². The molecule has 0 heterocycles. The van der Waals surface area contributed by atoms with Gasteiger partial charge in [0.1, 0.15) is 0 Å². The predicted octanol–water partition coefficient (Wildman–Crippen LogP) is 2.27. The molecule has 1 fully saturated rings. The molecule has 17 heavy (non-hydrogen) atoms. The number of benzene rings is 1. The third-order valence-electron chi connectivity index (χ3n) is 3.01. The lowest BCUT2D eigenvalue weighted by molar-refractivity contribution is 0.0949. The Morgan fingerprint density at radius 1 is 1.53 bits per heavy atom. The summed E-state index contributed by atoms with van der Waals surface area (Å²) in [5.74, 6) is -0.00417. The fourth-order valence-electron chi connectivity index (χ4n) is 1.78. The highest BCUT2D eigenvalue weighted by Crippen LogP contribution is 2.24. The smallest absolute Gasteiger partial charge is 0.251 e. The number of carbonyl (C=O) groups is 1. The normalized spacial score (nSPS) is 15.0. The van der Waals surface area contributed by atoms with Gasteiger partial charge in [-0.2, -0.15) is 0 Å². The molecule has 1 saturated carbocycles. The van der Waals surface area contributed by atoms with E-state index in [2.05, 4.69) is 33.2 Å². The van der Waals surface area contributed by atoms with Gasteiger partial charge in [-0.15, -0.1) is 0 Å². The van der Waals surface area contributed by atoms with Crippen molar-refractivity contribution in [1.82, 2.24) is 10.2 Å². The van der Waals surface area contributed by atoms with Gasteiger partial charge in [0.25, 0.3) is 5.91 Å². The molecule has 2 rings (SSSR count). The zero-order valence-corrected chi connectivity index (χ0v) is 11.5. The average molecular weight is 297 g/mol. The molecule has 0 spiro atoms. The first-order valence-corrected chi connectivity index (χ1v) is 6.70. The van der Waals surface area contributed by atoms with Crippen LogP contribution in [0.2, 0.25) is 0 Å². The lowest BCUT2D eigenvalue weighted by Gasteiger charge is -2.15. The van der Waals surface area contributed by atoms with E-state index in [1.165, 1.54) is 12.8 Å². The molecule has 0 aliphatic heterocycles. The lowest BCUT2D eigenvalue weighted by atomic mass is 10.2. The number of halogens is 1. The SMILES string of the molecule is CN(CCNC(=O)c1cccc(Br)c1)C1CC1. The molecular weight excluding hydrogens is 280 g/mol. The van der Waals surface area contributed by atoms with Crippen molar-refractivity contribution in [2.45, 2.75) is 18.9 Å². The van der Waals surface area contributed by atoms with E-state index in [1.807, 2.05) is 24.3 Å². The zero-order chi connectivity index (χ0) is 12.3. The summed E-state index contributed by atoms with van der Waals surface area (Å²) in [5, 5.41) is 2.94. The van der Waals surface area contributed by atoms with Crippen molar-refractivity contribution in [2.24, 2.45) is 0 Å². The van der Waals surface area contributed by atoms with E-state index in [1.54, 1.807) is 0 Å². The number of hydrogen-bond acceptors (Lipinski definition) is 2. The van der Waals surface area contributed by atoms with Gasteiger partial charge in [0.15, 0.2) is 0 Å². The van der Waals surface area contributed by atoms with Crippen LogP contribution in [0.5, 0.6) is 0 Å². The molecule has 0 saturated heterocycles. The monoisotopic (exact) mass is 296 g/mol. The summed E-state index contributed by atoms with van der Waals surface area (Å²) in [6, 6.07) is 8.19. The van der Waals surface area contributed by atoms with Crippen LogP contribution >= 0.6 is 15.9 Å². The van der Waals surface area contributed by atoms with Crippen LogP contribution in [0.4, 0.5) is 0 Å². The predicted molar refractivity (Wildman–Crippen MR) is 72.1 cm³/mol. The van der Waals surface area contributed by atoms with Gasteiger partial charge in [-0.05, 0) is 38.1 Å². The molecule has 1 aromatic carbocycles. The van der Waals surface area contributed by atoms with Crippen molar-refractivity contribution in [1.29, 1.82) is 0 Å². The first kappa shape index (κ1) is 12.6. The maximum atomic E-state index is 11.8. The van der Waals surface area contributed by atoms with Crippen LogP contribution in [0.25, 0.3) is 0 Å². The highest BCUT2D eigenvalue weighted by atomic mass is 79.9. The molecule has 0 atom stereocenters. The maximum absolute atomic E-state index is 11.8. The van der Waals surface area contributed by atoms with Crippen molar-refractivity contribution < 1.29 is 4.79 Å². The minimum absolute atomic E-state index is 0.00417. The molecule has 1 aliphatic carbocycles. The number of hydrogen-bond donors (Lipinski definition) is 1. The molecule has 0 radical (unpaired) electrons. The number of carbonyl (C=O) groups excluding carboxylic acids is 1. The van der Waals surface area contributed by atoms with Crippen LogP contribution in [0.15, 0.2) is 28.7 Å². The summed E-state index contributed by atoms with van der Waals surface area (Å²) < 4.78 is 0.931. The van der Waals surface area contributed by atoms with Crippen LogP contribution in [-0.4, -0.2) is 37.0 Å². The van der Waals surface area contributed by atoms with Crippen molar-refractivity contribution in [3.8, 4) is 0 Å². The fourth-order valence-corrected chi connectivity index (χ4v) is 2.17. The standard InChI is InChI=1S/C13H17BrN2O/c1-16(12-5-6-12)8-7-15-13(17)10-3-2-4-11(14)9-10/h2-4,9,12H,5-8H2,1H3,(H,15,17). The molecule has 0 bridgehead atoms. The molecule has 1 N–H and O–H groups in total. The highest BCUT2D eigenvalue weighted by molar-refractivity contribution is 9.10. The summed E-state index contributed by atoms with van der Waals surface area (Å²) >= 11 is 3.36. The molecule has 1 aromatic rings. The number of likely N-dealkylation sites (N-methyl/N-ethyl adjacent to an activating group) is 1. The Balaban J connectivity index is 1.76. The van der Waals surface area contributed by atoms with Crippen LogP contribution in [0, 0.1) is 0 Å². The van der Waals surface area contributed by atoms with Crippen LogP contribution in [0.3, 0.4) is 0 Å². The average Bonchev–Trinajstić information content (AvgIpc) is 3.12. The molecule has 92 valence electrons. The Morgan fingerprint density at radius 3 is 2.94 bits per heavy atom. The van der Waals surface area contributed by atoms with Crippen molar-refractivity contribution in [2.75, 3.05) is 20.1 Å². The Bertz CT molecular complexity index is 404.